The second kappa shape index (κ2) is 4.66. The molecule has 0 radical (unpaired) electrons. The van der Waals surface area contributed by atoms with Crippen molar-refractivity contribution in [3.05, 3.63) is 29.8 Å². The Kier molecular flexibility index (Phi) is 3.40. The Hall–Kier alpha value is -1.07. The number of para-hydroxylation sites is 1. The van der Waals surface area contributed by atoms with Crippen LogP contribution < -0.4 is 9.46 Å². The Labute approximate surface area is 102 Å². The van der Waals surface area contributed by atoms with Crippen LogP contribution in [0.5, 0.6) is 5.75 Å². The summed E-state index contributed by atoms with van der Waals surface area (Å²) in [5, 5.41) is -0.411. The summed E-state index contributed by atoms with van der Waals surface area (Å²) in [6.07, 6.45) is 0.664. The Morgan fingerprint density at radius 2 is 2.12 bits per heavy atom. The zero-order valence-corrected chi connectivity index (χ0v) is 10.8. The first-order chi connectivity index (χ1) is 7.99. The molecule has 0 fully saturated rings. The van der Waals surface area contributed by atoms with Gasteiger partial charge in [-0.2, -0.15) is 0 Å². The van der Waals surface area contributed by atoms with Crippen molar-refractivity contribution in [1.29, 1.82) is 0 Å². The van der Waals surface area contributed by atoms with E-state index < -0.39 is 15.3 Å². The molecular formula is C12H17NO3S. The van der Waals surface area contributed by atoms with Gasteiger partial charge < -0.3 is 4.74 Å². The molecule has 0 aromatic heterocycles. The van der Waals surface area contributed by atoms with Crippen molar-refractivity contribution in [3.63, 3.8) is 0 Å². The van der Waals surface area contributed by atoms with E-state index in [2.05, 4.69) is 4.72 Å². The van der Waals surface area contributed by atoms with Crippen LogP contribution in [-0.4, -0.2) is 26.3 Å². The minimum atomic E-state index is -3.20. The predicted molar refractivity (Wildman–Crippen MR) is 66.6 cm³/mol. The molecule has 2 rings (SSSR count). The van der Waals surface area contributed by atoms with E-state index in [1.807, 2.05) is 24.3 Å². The van der Waals surface area contributed by atoms with E-state index in [-0.39, 0.29) is 6.10 Å². The summed E-state index contributed by atoms with van der Waals surface area (Å²) in [7, 11) is -3.20. The summed E-state index contributed by atoms with van der Waals surface area (Å²) in [6, 6.07) is 7.79. The molecule has 1 heterocycles. The number of benzene rings is 1. The fraction of sp³-hybridized carbons (Fsp3) is 0.500. The first-order valence-corrected chi connectivity index (χ1v) is 7.26. The van der Waals surface area contributed by atoms with Gasteiger partial charge in [-0.3, -0.25) is 0 Å². The van der Waals surface area contributed by atoms with Crippen molar-refractivity contribution >= 4 is 10.0 Å². The van der Waals surface area contributed by atoms with Crippen LogP contribution in [0.3, 0.4) is 0 Å². The topological polar surface area (TPSA) is 55.4 Å². The van der Waals surface area contributed by atoms with E-state index in [0.717, 1.165) is 17.7 Å². The molecule has 0 saturated heterocycles. The van der Waals surface area contributed by atoms with Gasteiger partial charge in [0.2, 0.25) is 10.0 Å². The summed E-state index contributed by atoms with van der Waals surface area (Å²) >= 11 is 0. The lowest BCUT2D eigenvalue weighted by Gasteiger charge is -2.13. The molecule has 0 spiro atoms. The van der Waals surface area contributed by atoms with E-state index in [1.165, 1.54) is 0 Å². The van der Waals surface area contributed by atoms with Crippen molar-refractivity contribution < 1.29 is 13.2 Å². The standard InChI is InChI=1S/C12H17NO3S/c1-9(2)17(14,15)13-8-11-7-10-5-3-4-6-12(10)16-11/h3-6,9,11,13H,7-8H2,1-2H3. The van der Waals surface area contributed by atoms with Crippen molar-refractivity contribution in [1.82, 2.24) is 4.72 Å². The molecule has 1 aliphatic rings. The maximum absolute atomic E-state index is 11.6. The van der Waals surface area contributed by atoms with Gasteiger partial charge in [0.15, 0.2) is 0 Å². The number of sulfonamides is 1. The monoisotopic (exact) mass is 255 g/mol. The number of hydrogen-bond acceptors (Lipinski definition) is 3. The van der Waals surface area contributed by atoms with Crippen LogP contribution in [0.25, 0.3) is 0 Å². The summed E-state index contributed by atoms with van der Waals surface area (Å²) in [6.45, 7) is 3.65. The molecule has 0 saturated carbocycles. The van der Waals surface area contributed by atoms with Gasteiger partial charge in [0, 0.05) is 13.0 Å². The highest BCUT2D eigenvalue weighted by Crippen LogP contribution is 2.27. The molecule has 1 aliphatic heterocycles. The lowest BCUT2D eigenvalue weighted by atomic mass is 10.1. The van der Waals surface area contributed by atoms with Crippen LogP contribution >= 0.6 is 0 Å². The van der Waals surface area contributed by atoms with Gasteiger partial charge in [-0.05, 0) is 25.5 Å². The highest BCUT2D eigenvalue weighted by molar-refractivity contribution is 7.90. The largest absolute Gasteiger partial charge is 0.488 e. The Balaban J connectivity index is 1.93. The van der Waals surface area contributed by atoms with Gasteiger partial charge >= 0.3 is 0 Å². The SMILES string of the molecule is CC(C)S(=O)(=O)NCC1Cc2ccccc2O1. The van der Waals surface area contributed by atoms with E-state index in [9.17, 15) is 8.42 Å². The smallest absolute Gasteiger partial charge is 0.214 e. The van der Waals surface area contributed by atoms with Gasteiger partial charge in [-0.25, -0.2) is 13.1 Å². The van der Waals surface area contributed by atoms with Gasteiger partial charge in [0.05, 0.1) is 5.25 Å². The first-order valence-electron chi connectivity index (χ1n) is 5.72. The van der Waals surface area contributed by atoms with Crippen LogP contribution in [0.1, 0.15) is 19.4 Å². The molecule has 1 atom stereocenters. The number of hydrogen-bond donors (Lipinski definition) is 1. The van der Waals surface area contributed by atoms with Gasteiger partial charge in [0.25, 0.3) is 0 Å². The maximum atomic E-state index is 11.6. The van der Waals surface area contributed by atoms with Crippen LogP contribution in [0, 0.1) is 0 Å². The van der Waals surface area contributed by atoms with E-state index >= 15 is 0 Å². The summed E-state index contributed by atoms with van der Waals surface area (Å²) in [5.74, 6) is 0.862. The van der Waals surface area contributed by atoms with Crippen molar-refractivity contribution in [2.24, 2.45) is 0 Å². The van der Waals surface area contributed by atoms with Crippen LogP contribution in [0.4, 0.5) is 0 Å². The molecule has 1 unspecified atom stereocenters. The Morgan fingerprint density at radius 1 is 1.41 bits per heavy atom. The molecule has 0 amide bonds. The zero-order valence-electron chi connectivity index (χ0n) is 10.0. The molecular weight excluding hydrogens is 238 g/mol. The molecule has 94 valence electrons. The molecule has 17 heavy (non-hydrogen) atoms. The summed E-state index contributed by atoms with van der Waals surface area (Å²) in [5.41, 5.74) is 1.14. The minimum absolute atomic E-state index is 0.0964. The molecule has 1 aromatic rings. The molecule has 1 aromatic carbocycles. The highest BCUT2D eigenvalue weighted by Gasteiger charge is 2.24. The van der Waals surface area contributed by atoms with Gasteiger partial charge in [-0.15, -0.1) is 0 Å². The first kappa shape index (κ1) is 12.4. The third-order valence-corrected chi connectivity index (χ3v) is 4.66. The van der Waals surface area contributed by atoms with Crippen molar-refractivity contribution in [2.75, 3.05) is 6.54 Å². The van der Waals surface area contributed by atoms with Crippen LogP contribution in [0.15, 0.2) is 24.3 Å². The van der Waals surface area contributed by atoms with E-state index in [1.54, 1.807) is 13.8 Å². The molecule has 0 aliphatic carbocycles. The lowest BCUT2D eigenvalue weighted by molar-refractivity contribution is 0.236. The molecule has 4 nitrogen and oxygen atoms in total. The molecule has 5 heteroatoms. The Morgan fingerprint density at radius 3 is 2.76 bits per heavy atom. The van der Waals surface area contributed by atoms with E-state index in [4.69, 9.17) is 4.74 Å². The number of nitrogens with one attached hydrogen (secondary N) is 1. The zero-order chi connectivity index (χ0) is 12.5. The van der Waals surface area contributed by atoms with E-state index in [0.29, 0.717) is 6.54 Å². The summed E-state index contributed by atoms with van der Waals surface area (Å²) in [4.78, 5) is 0. The second-order valence-corrected chi connectivity index (χ2v) is 6.82. The van der Waals surface area contributed by atoms with Gasteiger partial charge in [-0.1, -0.05) is 18.2 Å². The number of fused-ring (bicyclic) bond motifs is 1. The normalized spacial score (nSPS) is 19.1. The molecule has 1 N–H and O–H groups in total. The van der Waals surface area contributed by atoms with Gasteiger partial charge in [0.1, 0.15) is 11.9 Å². The number of rotatable bonds is 4. The minimum Gasteiger partial charge on any atom is -0.488 e. The third kappa shape index (κ3) is 2.79. The second-order valence-electron chi connectivity index (χ2n) is 4.49. The fourth-order valence-electron chi connectivity index (χ4n) is 1.74. The average Bonchev–Trinajstić information content (AvgIpc) is 2.69. The van der Waals surface area contributed by atoms with Crippen molar-refractivity contribution in [3.8, 4) is 5.75 Å². The maximum Gasteiger partial charge on any atom is 0.214 e. The molecule has 0 bridgehead atoms. The predicted octanol–water partition coefficient (Wildman–Crippen LogP) is 1.32. The average molecular weight is 255 g/mol. The van der Waals surface area contributed by atoms with Crippen molar-refractivity contribution in [2.45, 2.75) is 31.6 Å². The fourth-order valence-corrected chi connectivity index (χ4v) is 2.50. The third-order valence-electron chi connectivity index (χ3n) is 2.85. The Bertz CT molecular complexity index is 471. The summed E-state index contributed by atoms with van der Waals surface area (Å²) < 4.78 is 31.4. The van der Waals surface area contributed by atoms with Crippen LogP contribution in [-0.2, 0) is 16.4 Å². The number of ether oxygens (including phenoxy) is 1. The quantitative estimate of drug-likeness (QED) is 0.882. The highest BCUT2D eigenvalue weighted by atomic mass is 32.2. The van der Waals surface area contributed by atoms with Crippen LogP contribution in [0.2, 0.25) is 0 Å². The lowest BCUT2D eigenvalue weighted by Crippen LogP contribution is -2.38.